The number of nitrogens with zero attached hydrogens (tertiary/aromatic N) is 2. The monoisotopic (exact) mass is 476 g/mol. The molecule has 0 aliphatic carbocycles. The summed E-state index contributed by atoms with van der Waals surface area (Å²) in [5.74, 6) is 0.715. The molecular formula is C26H24N2O5S. The molecule has 7 nitrogen and oxygen atoms in total. The Morgan fingerprint density at radius 3 is 2.53 bits per heavy atom. The summed E-state index contributed by atoms with van der Waals surface area (Å²) >= 11 is 1.26. The third-order valence-electron chi connectivity index (χ3n) is 5.47. The summed E-state index contributed by atoms with van der Waals surface area (Å²) in [6.07, 6.45) is 5.47. The zero-order valence-electron chi connectivity index (χ0n) is 19.3. The first kappa shape index (κ1) is 23.3. The molecule has 0 amide bonds. The van der Waals surface area contributed by atoms with E-state index in [0.29, 0.717) is 32.1 Å². The van der Waals surface area contributed by atoms with E-state index in [9.17, 15) is 9.59 Å². The number of carbonyl (C=O) groups is 1. The van der Waals surface area contributed by atoms with Crippen LogP contribution in [-0.2, 0) is 9.53 Å². The van der Waals surface area contributed by atoms with Crippen LogP contribution in [0.3, 0.4) is 0 Å². The molecule has 1 unspecified atom stereocenters. The molecule has 1 atom stereocenters. The van der Waals surface area contributed by atoms with E-state index in [-0.39, 0.29) is 5.56 Å². The highest BCUT2D eigenvalue weighted by molar-refractivity contribution is 7.07. The Balaban J connectivity index is 1.88. The number of methoxy groups -OCH3 is 3. The van der Waals surface area contributed by atoms with Crippen LogP contribution in [0.1, 0.15) is 24.1 Å². The molecule has 0 saturated carbocycles. The SMILES string of the molecule is COC(=O)C1=C(C)N=c2s/c(=C\c3ccc(OC)cc3OC)c(=O)n2C1/C=C/c1ccccc1. The Bertz CT molecular complexity index is 1470. The predicted octanol–water partition coefficient (Wildman–Crippen LogP) is 3.09. The van der Waals surface area contributed by atoms with Gasteiger partial charge in [0, 0.05) is 11.6 Å². The fourth-order valence-electron chi connectivity index (χ4n) is 3.76. The van der Waals surface area contributed by atoms with Crippen LogP contribution in [0.4, 0.5) is 0 Å². The average Bonchev–Trinajstić information content (AvgIpc) is 3.17. The van der Waals surface area contributed by atoms with Crippen LogP contribution in [0.2, 0.25) is 0 Å². The van der Waals surface area contributed by atoms with E-state index in [1.54, 1.807) is 39.4 Å². The molecule has 0 fully saturated rings. The molecular weight excluding hydrogens is 452 g/mol. The lowest BCUT2D eigenvalue weighted by Crippen LogP contribution is -2.38. The van der Waals surface area contributed by atoms with Crippen LogP contribution in [0, 0.1) is 0 Å². The van der Waals surface area contributed by atoms with Gasteiger partial charge < -0.3 is 14.2 Å². The molecule has 2 heterocycles. The van der Waals surface area contributed by atoms with E-state index >= 15 is 0 Å². The summed E-state index contributed by atoms with van der Waals surface area (Å²) < 4.78 is 17.7. The Kier molecular flexibility index (Phi) is 6.79. The molecule has 1 aliphatic heterocycles. The number of ether oxygens (including phenoxy) is 3. The van der Waals surface area contributed by atoms with Gasteiger partial charge >= 0.3 is 5.97 Å². The largest absolute Gasteiger partial charge is 0.497 e. The van der Waals surface area contributed by atoms with Crippen LogP contribution in [-0.4, -0.2) is 31.9 Å². The molecule has 3 aromatic rings. The first-order chi connectivity index (χ1) is 16.5. The van der Waals surface area contributed by atoms with Gasteiger partial charge in [0.2, 0.25) is 0 Å². The Morgan fingerprint density at radius 2 is 1.85 bits per heavy atom. The van der Waals surface area contributed by atoms with Crippen LogP contribution >= 0.6 is 11.3 Å². The van der Waals surface area contributed by atoms with Crippen LogP contribution in [0.15, 0.2) is 75.7 Å². The second-order valence-electron chi connectivity index (χ2n) is 7.49. The lowest BCUT2D eigenvalue weighted by atomic mass is 10.0. The van der Waals surface area contributed by atoms with Gasteiger partial charge in [-0.2, -0.15) is 0 Å². The third kappa shape index (κ3) is 4.45. The van der Waals surface area contributed by atoms with Gasteiger partial charge in [-0.3, -0.25) is 9.36 Å². The molecule has 0 N–H and O–H groups in total. The van der Waals surface area contributed by atoms with Crippen molar-refractivity contribution in [3.05, 3.63) is 96.7 Å². The number of carbonyl (C=O) groups excluding carboxylic acids is 1. The van der Waals surface area contributed by atoms with Crippen LogP contribution < -0.4 is 24.4 Å². The van der Waals surface area contributed by atoms with Crippen molar-refractivity contribution in [2.45, 2.75) is 13.0 Å². The maximum atomic E-state index is 13.5. The van der Waals surface area contributed by atoms with E-state index in [0.717, 1.165) is 11.1 Å². The lowest BCUT2D eigenvalue weighted by Gasteiger charge is -2.21. The molecule has 2 aromatic carbocycles. The summed E-state index contributed by atoms with van der Waals surface area (Å²) in [5.41, 5.74) is 2.28. The Morgan fingerprint density at radius 1 is 1.09 bits per heavy atom. The van der Waals surface area contributed by atoms with Gasteiger partial charge in [-0.25, -0.2) is 9.79 Å². The standard InChI is InChI=1S/C26H24N2O5S/c1-16-23(25(30)33-4)20(13-10-17-8-6-5-7-9-17)28-24(29)22(34-26(28)27-16)14-18-11-12-19(31-2)15-21(18)32-3/h5-15,20H,1-4H3/b13-10+,22-14-. The number of hydrogen-bond donors (Lipinski definition) is 0. The van der Waals surface area contributed by atoms with E-state index < -0.39 is 12.0 Å². The van der Waals surface area contributed by atoms with Crippen molar-refractivity contribution in [2.75, 3.05) is 21.3 Å². The van der Waals surface area contributed by atoms with Crippen molar-refractivity contribution < 1.29 is 19.0 Å². The minimum absolute atomic E-state index is 0.252. The van der Waals surface area contributed by atoms with Gasteiger partial charge in [-0.15, -0.1) is 0 Å². The van der Waals surface area contributed by atoms with Gasteiger partial charge in [0.15, 0.2) is 4.80 Å². The van der Waals surface area contributed by atoms with E-state index in [1.165, 1.54) is 23.0 Å². The molecule has 1 aliphatic rings. The van der Waals surface area contributed by atoms with Crippen molar-refractivity contribution in [3.8, 4) is 11.5 Å². The highest BCUT2D eigenvalue weighted by atomic mass is 32.1. The van der Waals surface area contributed by atoms with Gasteiger partial charge in [0.05, 0.1) is 43.2 Å². The molecule has 0 bridgehead atoms. The Labute approximate surface area is 200 Å². The lowest BCUT2D eigenvalue weighted by molar-refractivity contribution is -0.136. The molecule has 1 aromatic heterocycles. The maximum absolute atomic E-state index is 13.5. The van der Waals surface area contributed by atoms with E-state index in [1.807, 2.05) is 48.6 Å². The minimum atomic E-state index is -0.649. The number of rotatable bonds is 6. The second kappa shape index (κ2) is 9.93. The average molecular weight is 477 g/mol. The highest BCUT2D eigenvalue weighted by Gasteiger charge is 2.30. The van der Waals surface area contributed by atoms with Crippen molar-refractivity contribution in [3.63, 3.8) is 0 Å². The number of fused-ring (bicyclic) bond motifs is 1. The van der Waals surface area contributed by atoms with Crippen molar-refractivity contribution >= 4 is 29.5 Å². The van der Waals surface area contributed by atoms with E-state index in [4.69, 9.17) is 14.2 Å². The normalized spacial score (nSPS) is 15.8. The number of hydrogen-bond acceptors (Lipinski definition) is 7. The predicted molar refractivity (Wildman–Crippen MR) is 132 cm³/mol. The number of thiazole rings is 1. The molecule has 0 saturated heterocycles. The summed E-state index contributed by atoms with van der Waals surface area (Å²) in [7, 11) is 4.46. The molecule has 0 spiro atoms. The molecule has 174 valence electrons. The van der Waals surface area contributed by atoms with Gasteiger partial charge in [0.1, 0.15) is 11.5 Å². The summed E-state index contributed by atoms with van der Waals surface area (Å²) in [6, 6.07) is 14.4. The van der Waals surface area contributed by atoms with E-state index in [2.05, 4.69) is 4.99 Å². The van der Waals surface area contributed by atoms with Crippen molar-refractivity contribution in [2.24, 2.45) is 4.99 Å². The number of allylic oxidation sites excluding steroid dienone is 2. The summed E-state index contributed by atoms with van der Waals surface area (Å²) in [5, 5.41) is 0. The van der Waals surface area contributed by atoms with Crippen LogP contribution in [0.5, 0.6) is 11.5 Å². The fourth-order valence-corrected chi connectivity index (χ4v) is 4.81. The second-order valence-corrected chi connectivity index (χ2v) is 8.50. The smallest absolute Gasteiger partial charge is 0.338 e. The first-order valence-corrected chi connectivity index (χ1v) is 11.3. The third-order valence-corrected chi connectivity index (χ3v) is 6.45. The van der Waals surface area contributed by atoms with Crippen molar-refractivity contribution in [1.82, 2.24) is 4.57 Å². The fraction of sp³-hybridized carbons (Fsp3) is 0.192. The zero-order chi connectivity index (χ0) is 24.2. The maximum Gasteiger partial charge on any atom is 0.338 e. The summed E-state index contributed by atoms with van der Waals surface area (Å²) in [4.78, 5) is 31.2. The minimum Gasteiger partial charge on any atom is -0.497 e. The number of esters is 1. The molecule has 8 heteroatoms. The first-order valence-electron chi connectivity index (χ1n) is 10.5. The van der Waals surface area contributed by atoms with Crippen molar-refractivity contribution in [1.29, 1.82) is 0 Å². The van der Waals surface area contributed by atoms with Gasteiger partial charge in [-0.05, 0) is 30.7 Å². The topological polar surface area (TPSA) is 79.1 Å². The molecule has 34 heavy (non-hydrogen) atoms. The molecule has 0 radical (unpaired) electrons. The zero-order valence-corrected chi connectivity index (χ0v) is 20.1. The van der Waals surface area contributed by atoms with Crippen LogP contribution in [0.25, 0.3) is 12.2 Å². The van der Waals surface area contributed by atoms with Gasteiger partial charge in [-0.1, -0.05) is 53.8 Å². The Hall–Kier alpha value is -3.91. The quantitative estimate of drug-likeness (QED) is 0.511. The molecule has 4 rings (SSSR count). The number of benzene rings is 2. The highest BCUT2D eigenvalue weighted by Crippen LogP contribution is 2.27. The number of aromatic nitrogens is 1. The summed E-state index contributed by atoms with van der Waals surface area (Å²) in [6.45, 7) is 1.75. The van der Waals surface area contributed by atoms with Gasteiger partial charge in [0.25, 0.3) is 5.56 Å².